The molecule has 1 amide bonds. The highest BCUT2D eigenvalue weighted by molar-refractivity contribution is 9.11. The highest BCUT2D eigenvalue weighted by Gasteiger charge is 2.16. The first-order valence-electron chi connectivity index (χ1n) is 6.64. The fraction of sp³-hybridized carbons (Fsp3) is 0.500. The van der Waals surface area contributed by atoms with Crippen molar-refractivity contribution in [2.45, 2.75) is 25.9 Å². The Balaban J connectivity index is 1.88. The van der Waals surface area contributed by atoms with Crippen molar-refractivity contribution >= 4 is 43.5 Å². The zero-order valence-electron chi connectivity index (χ0n) is 11.3. The number of rotatable bonds is 4. The van der Waals surface area contributed by atoms with E-state index >= 15 is 0 Å². The molecule has 1 aromatic carbocycles. The van der Waals surface area contributed by atoms with Gasteiger partial charge in [0.25, 0.3) is 0 Å². The fourth-order valence-corrected chi connectivity index (χ4v) is 3.76. The van der Waals surface area contributed by atoms with Crippen molar-refractivity contribution in [3.8, 4) is 0 Å². The van der Waals surface area contributed by atoms with Crippen molar-refractivity contribution in [2.24, 2.45) is 0 Å². The number of carbonyl (C=O) groups is 1. The van der Waals surface area contributed by atoms with Crippen LogP contribution >= 0.6 is 31.9 Å². The zero-order valence-corrected chi connectivity index (χ0v) is 14.5. The number of piperidine rings is 1. The van der Waals surface area contributed by atoms with E-state index < -0.39 is 0 Å². The number of anilines is 1. The molecule has 1 heterocycles. The Hall–Kier alpha value is -0.430. The molecule has 0 bridgehead atoms. The van der Waals surface area contributed by atoms with Gasteiger partial charge in [0, 0.05) is 8.95 Å². The van der Waals surface area contributed by atoms with Gasteiger partial charge in [-0.25, -0.2) is 0 Å². The van der Waals surface area contributed by atoms with Gasteiger partial charge in [-0.1, -0.05) is 0 Å². The fourth-order valence-electron chi connectivity index (χ4n) is 2.15. The number of amides is 1. The predicted molar refractivity (Wildman–Crippen MR) is 87.1 cm³/mol. The number of aryl methyl sites for hydroxylation is 1. The largest absolute Gasteiger partial charge is 0.368 e. The van der Waals surface area contributed by atoms with E-state index in [1.807, 2.05) is 19.1 Å². The van der Waals surface area contributed by atoms with Crippen LogP contribution in [0.5, 0.6) is 0 Å². The topological polar surface area (TPSA) is 50.4 Å². The number of hydrogen-bond acceptors (Lipinski definition) is 3. The van der Waals surface area contributed by atoms with Crippen LogP contribution in [0.15, 0.2) is 21.1 Å². The molecule has 0 aromatic heterocycles. The maximum Gasteiger partial charge on any atom is 0.250 e. The second-order valence-electron chi connectivity index (χ2n) is 4.91. The predicted octanol–water partition coefficient (Wildman–Crippen LogP) is 3.23. The molecule has 110 valence electrons. The SMILES string of the molecule is Cc1cc(Br)c(NC(=O)COC2CCNCC2)c(Br)c1. The minimum atomic E-state index is -0.131. The van der Waals surface area contributed by atoms with E-state index in [0.717, 1.165) is 46.1 Å². The summed E-state index contributed by atoms with van der Waals surface area (Å²) in [6.45, 7) is 4.02. The minimum absolute atomic E-state index is 0.0947. The molecule has 2 rings (SSSR count). The Morgan fingerprint density at radius 1 is 1.35 bits per heavy atom. The van der Waals surface area contributed by atoms with Crippen molar-refractivity contribution in [2.75, 3.05) is 25.0 Å². The third kappa shape index (κ3) is 4.55. The van der Waals surface area contributed by atoms with Gasteiger partial charge in [0.1, 0.15) is 6.61 Å². The molecule has 20 heavy (non-hydrogen) atoms. The molecule has 0 unspecified atom stereocenters. The molecule has 2 N–H and O–H groups in total. The van der Waals surface area contributed by atoms with E-state index in [1.165, 1.54) is 0 Å². The monoisotopic (exact) mass is 404 g/mol. The average molecular weight is 406 g/mol. The Bertz CT molecular complexity index is 465. The van der Waals surface area contributed by atoms with Gasteiger partial charge < -0.3 is 15.4 Å². The van der Waals surface area contributed by atoms with Crippen molar-refractivity contribution in [1.82, 2.24) is 5.32 Å². The second-order valence-corrected chi connectivity index (χ2v) is 6.62. The molecule has 1 aliphatic heterocycles. The van der Waals surface area contributed by atoms with Crippen molar-refractivity contribution in [3.05, 3.63) is 26.6 Å². The molecule has 1 aliphatic rings. The van der Waals surface area contributed by atoms with E-state index in [9.17, 15) is 4.79 Å². The lowest BCUT2D eigenvalue weighted by molar-refractivity contribution is -0.123. The van der Waals surface area contributed by atoms with Crippen LogP contribution in [-0.4, -0.2) is 31.7 Å². The van der Waals surface area contributed by atoms with Crippen LogP contribution in [0.3, 0.4) is 0 Å². The molecule has 1 saturated heterocycles. The van der Waals surface area contributed by atoms with E-state index in [1.54, 1.807) is 0 Å². The van der Waals surface area contributed by atoms with Crippen molar-refractivity contribution in [1.29, 1.82) is 0 Å². The summed E-state index contributed by atoms with van der Waals surface area (Å²) in [5.74, 6) is -0.131. The van der Waals surface area contributed by atoms with Crippen LogP contribution in [0.2, 0.25) is 0 Å². The first kappa shape index (κ1) is 15.9. The van der Waals surface area contributed by atoms with Crippen LogP contribution in [-0.2, 0) is 9.53 Å². The third-order valence-electron chi connectivity index (χ3n) is 3.19. The Morgan fingerprint density at radius 2 is 1.95 bits per heavy atom. The van der Waals surface area contributed by atoms with Crippen molar-refractivity contribution in [3.63, 3.8) is 0 Å². The number of nitrogens with one attached hydrogen (secondary N) is 2. The van der Waals surface area contributed by atoms with Crippen LogP contribution < -0.4 is 10.6 Å². The number of carbonyl (C=O) groups excluding carboxylic acids is 1. The summed E-state index contributed by atoms with van der Waals surface area (Å²) in [6, 6.07) is 3.93. The summed E-state index contributed by atoms with van der Waals surface area (Å²) in [4.78, 5) is 12.0. The molecule has 0 radical (unpaired) electrons. The molecule has 4 nitrogen and oxygen atoms in total. The van der Waals surface area contributed by atoms with Gasteiger partial charge in [0.15, 0.2) is 0 Å². The molecule has 1 aromatic rings. The molecule has 0 aliphatic carbocycles. The lowest BCUT2D eigenvalue weighted by Crippen LogP contribution is -2.34. The molecule has 0 saturated carbocycles. The van der Waals surface area contributed by atoms with Gasteiger partial charge >= 0.3 is 0 Å². The lowest BCUT2D eigenvalue weighted by Gasteiger charge is -2.22. The molecular weight excluding hydrogens is 388 g/mol. The third-order valence-corrected chi connectivity index (χ3v) is 4.44. The highest BCUT2D eigenvalue weighted by Crippen LogP contribution is 2.32. The minimum Gasteiger partial charge on any atom is -0.368 e. The van der Waals surface area contributed by atoms with Crippen LogP contribution in [0.1, 0.15) is 18.4 Å². The Kier molecular flexibility index (Phi) is 6.01. The van der Waals surface area contributed by atoms with E-state index in [0.29, 0.717) is 0 Å². The number of ether oxygens (including phenoxy) is 1. The lowest BCUT2D eigenvalue weighted by atomic mass is 10.1. The van der Waals surface area contributed by atoms with Gasteiger partial charge in [-0.3, -0.25) is 4.79 Å². The van der Waals surface area contributed by atoms with E-state index in [-0.39, 0.29) is 18.6 Å². The molecule has 0 spiro atoms. The summed E-state index contributed by atoms with van der Waals surface area (Å²) in [5.41, 5.74) is 1.86. The first-order chi connectivity index (χ1) is 9.56. The number of hydrogen-bond donors (Lipinski definition) is 2. The van der Waals surface area contributed by atoms with Gasteiger partial charge in [-0.15, -0.1) is 0 Å². The van der Waals surface area contributed by atoms with E-state index in [2.05, 4.69) is 42.5 Å². The standard InChI is InChI=1S/C14H18Br2N2O2/c1-9-6-11(15)14(12(16)7-9)18-13(19)8-20-10-2-4-17-5-3-10/h6-7,10,17H,2-5,8H2,1H3,(H,18,19). The second kappa shape index (κ2) is 7.54. The van der Waals surface area contributed by atoms with Gasteiger partial charge in [-0.2, -0.15) is 0 Å². The summed E-state index contributed by atoms with van der Waals surface area (Å²) in [7, 11) is 0. The number of benzene rings is 1. The van der Waals surface area contributed by atoms with Gasteiger partial charge in [0.2, 0.25) is 5.91 Å². The summed E-state index contributed by atoms with van der Waals surface area (Å²) in [6.07, 6.45) is 2.11. The maximum absolute atomic E-state index is 12.0. The Labute approximate surface area is 135 Å². The molecule has 0 atom stereocenters. The summed E-state index contributed by atoms with van der Waals surface area (Å²) >= 11 is 6.92. The van der Waals surface area contributed by atoms with Crippen LogP contribution in [0.25, 0.3) is 0 Å². The first-order valence-corrected chi connectivity index (χ1v) is 8.22. The maximum atomic E-state index is 12.0. The quantitative estimate of drug-likeness (QED) is 0.808. The van der Waals surface area contributed by atoms with Crippen LogP contribution in [0.4, 0.5) is 5.69 Å². The zero-order chi connectivity index (χ0) is 14.5. The Morgan fingerprint density at radius 3 is 2.55 bits per heavy atom. The van der Waals surface area contributed by atoms with Gasteiger partial charge in [-0.05, 0) is 82.4 Å². The summed E-state index contributed by atoms with van der Waals surface area (Å²) in [5, 5.41) is 6.14. The molecular formula is C14H18Br2N2O2. The molecule has 6 heteroatoms. The smallest absolute Gasteiger partial charge is 0.250 e. The number of halogens is 2. The summed E-state index contributed by atoms with van der Waals surface area (Å²) < 4.78 is 7.36. The van der Waals surface area contributed by atoms with E-state index in [4.69, 9.17) is 4.74 Å². The molecule has 1 fully saturated rings. The average Bonchev–Trinajstić information content (AvgIpc) is 2.42. The highest BCUT2D eigenvalue weighted by atomic mass is 79.9. The van der Waals surface area contributed by atoms with Gasteiger partial charge in [0.05, 0.1) is 11.8 Å². The normalized spacial score (nSPS) is 16.1. The van der Waals surface area contributed by atoms with Crippen molar-refractivity contribution < 1.29 is 9.53 Å². The van der Waals surface area contributed by atoms with Crippen LogP contribution in [0, 0.1) is 6.92 Å².